The van der Waals surface area contributed by atoms with Gasteiger partial charge in [0.2, 0.25) is 0 Å². The van der Waals surface area contributed by atoms with Gasteiger partial charge in [-0.1, -0.05) is 72.8 Å². The van der Waals surface area contributed by atoms with Crippen molar-refractivity contribution in [1.29, 1.82) is 0 Å². The Hall–Kier alpha value is -2.60. The topological polar surface area (TPSA) is 40.5 Å². The van der Waals surface area contributed by atoms with Gasteiger partial charge >= 0.3 is 0 Å². The zero-order valence-corrected chi connectivity index (χ0v) is 16.7. The average molecular weight is 408 g/mol. The molecule has 1 aliphatic heterocycles. The molecule has 0 saturated carbocycles. The van der Waals surface area contributed by atoms with Crippen LogP contribution in [-0.2, 0) is 11.1 Å². The lowest BCUT2D eigenvalue weighted by Gasteiger charge is -2.42. The van der Waals surface area contributed by atoms with Gasteiger partial charge in [-0.2, -0.15) is 0 Å². The first-order valence-electron chi connectivity index (χ1n) is 9.50. The van der Waals surface area contributed by atoms with Gasteiger partial charge < -0.3 is 4.55 Å². The second kappa shape index (κ2) is 8.82. The van der Waals surface area contributed by atoms with Crippen LogP contribution in [-0.4, -0.2) is 32.5 Å². The van der Waals surface area contributed by atoms with Gasteiger partial charge in [0, 0.05) is 13.1 Å². The molecule has 0 bridgehead atoms. The van der Waals surface area contributed by atoms with Crippen molar-refractivity contribution in [3.05, 3.63) is 113 Å². The SMILES string of the molecule is O=S(O)CC(=C1CN(C(c2ccccc2)c2ccccc2)C1)c1cccc(F)c1. The first kappa shape index (κ1) is 19.7. The number of likely N-dealkylation sites (tertiary alicyclic amines) is 1. The smallest absolute Gasteiger partial charge is 0.157 e. The summed E-state index contributed by atoms with van der Waals surface area (Å²) >= 11 is -1.98. The van der Waals surface area contributed by atoms with Crippen LogP contribution in [0.5, 0.6) is 0 Å². The van der Waals surface area contributed by atoms with Crippen molar-refractivity contribution in [1.82, 2.24) is 4.90 Å². The Labute approximate surface area is 172 Å². The van der Waals surface area contributed by atoms with Crippen molar-refractivity contribution in [2.24, 2.45) is 0 Å². The van der Waals surface area contributed by atoms with Crippen molar-refractivity contribution < 1.29 is 13.2 Å². The van der Waals surface area contributed by atoms with Crippen molar-refractivity contribution in [3.8, 4) is 0 Å². The first-order valence-corrected chi connectivity index (χ1v) is 10.8. The van der Waals surface area contributed by atoms with Crippen molar-refractivity contribution >= 4 is 16.7 Å². The van der Waals surface area contributed by atoms with E-state index in [1.165, 1.54) is 23.3 Å². The van der Waals surface area contributed by atoms with Crippen LogP contribution in [0.4, 0.5) is 4.39 Å². The van der Waals surface area contributed by atoms with Gasteiger partial charge in [0.1, 0.15) is 5.82 Å². The maximum absolute atomic E-state index is 13.7. The second-order valence-corrected chi connectivity index (χ2v) is 8.12. The Kier molecular flexibility index (Phi) is 6.00. The van der Waals surface area contributed by atoms with Gasteiger partial charge in [-0.25, -0.2) is 8.60 Å². The highest BCUT2D eigenvalue weighted by molar-refractivity contribution is 7.79. The van der Waals surface area contributed by atoms with Crippen molar-refractivity contribution in [2.45, 2.75) is 6.04 Å². The zero-order valence-electron chi connectivity index (χ0n) is 15.9. The van der Waals surface area contributed by atoms with Crippen molar-refractivity contribution in [2.75, 3.05) is 18.8 Å². The monoisotopic (exact) mass is 407 g/mol. The molecule has 3 aromatic rings. The van der Waals surface area contributed by atoms with E-state index >= 15 is 0 Å². The van der Waals surface area contributed by atoms with Crippen LogP contribution in [0.1, 0.15) is 22.7 Å². The summed E-state index contributed by atoms with van der Waals surface area (Å²) in [6.45, 7) is 1.36. The number of benzene rings is 3. The van der Waals surface area contributed by atoms with Gasteiger partial charge in [-0.15, -0.1) is 0 Å². The minimum atomic E-state index is -1.98. The molecule has 1 unspecified atom stereocenters. The third-order valence-electron chi connectivity index (χ3n) is 5.25. The molecule has 4 rings (SSSR count). The molecule has 1 heterocycles. The van der Waals surface area contributed by atoms with Crippen LogP contribution >= 0.6 is 0 Å². The van der Waals surface area contributed by atoms with E-state index in [0.29, 0.717) is 18.7 Å². The van der Waals surface area contributed by atoms with Gasteiger partial charge in [0.05, 0.1) is 11.8 Å². The largest absolute Gasteiger partial charge is 0.306 e. The minimum Gasteiger partial charge on any atom is -0.306 e. The van der Waals surface area contributed by atoms with E-state index in [4.69, 9.17) is 0 Å². The van der Waals surface area contributed by atoms with Gasteiger partial charge in [0.25, 0.3) is 0 Å². The summed E-state index contributed by atoms with van der Waals surface area (Å²) in [4.78, 5) is 2.33. The highest BCUT2D eigenvalue weighted by atomic mass is 32.2. The van der Waals surface area contributed by atoms with E-state index in [1.807, 2.05) is 36.4 Å². The fourth-order valence-electron chi connectivity index (χ4n) is 3.89. The van der Waals surface area contributed by atoms with Crippen LogP contribution in [0.15, 0.2) is 90.5 Å². The summed E-state index contributed by atoms with van der Waals surface area (Å²) in [5.74, 6) is -0.333. The molecule has 0 aromatic heterocycles. The Morgan fingerprint density at radius 3 is 2.03 bits per heavy atom. The average Bonchev–Trinajstić information content (AvgIpc) is 2.70. The minimum absolute atomic E-state index is 0.00790. The van der Waals surface area contributed by atoms with E-state index in [1.54, 1.807) is 12.1 Å². The summed E-state index contributed by atoms with van der Waals surface area (Å²) < 4.78 is 34.8. The molecule has 3 aromatic carbocycles. The lowest BCUT2D eigenvalue weighted by Crippen LogP contribution is -2.44. The third-order valence-corrected chi connectivity index (χ3v) is 5.79. The number of nitrogens with zero attached hydrogens (tertiary/aromatic N) is 1. The van der Waals surface area contributed by atoms with Crippen LogP contribution in [0.3, 0.4) is 0 Å². The predicted molar refractivity (Wildman–Crippen MR) is 115 cm³/mol. The molecule has 0 amide bonds. The van der Waals surface area contributed by atoms with Crippen LogP contribution in [0, 0.1) is 5.82 Å². The first-order chi connectivity index (χ1) is 14.1. The Balaban J connectivity index is 1.66. The molecule has 1 atom stereocenters. The molecule has 148 valence electrons. The molecular weight excluding hydrogens is 385 g/mol. The molecule has 29 heavy (non-hydrogen) atoms. The number of halogens is 1. The maximum Gasteiger partial charge on any atom is 0.157 e. The second-order valence-electron chi connectivity index (χ2n) is 7.19. The Bertz CT molecular complexity index is 990. The number of hydrogen-bond donors (Lipinski definition) is 1. The Morgan fingerprint density at radius 1 is 0.931 bits per heavy atom. The molecule has 0 spiro atoms. The molecule has 0 radical (unpaired) electrons. The fraction of sp³-hybridized carbons (Fsp3) is 0.167. The van der Waals surface area contributed by atoms with Gasteiger partial charge in [0.15, 0.2) is 11.1 Å². The van der Waals surface area contributed by atoms with E-state index in [9.17, 15) is 13.2 Å². The predicted octanol–water partition coefficient (Wildman–Crippen LogP) is 4.91. The van der Waals surface area contributed by atoms with Gasteiger partial charge in [-0.05, 0) is 40.0 Å². The molecule has 1 N–H and O–H groups in total. The summed E-state index contributed by atoms with van der Waals surface area (Å²) in [6.07, 6.45) is 0. The summed E-state index contributed by atoms with van der Waals surface area (Å²) in [5.41, 5.74) is 4.93. The lowest BCUT2D eigenvalue weighted by molar-refractivity contribution is 0.202. The van der Waals surface area contributed by atoms with Crippen LogP contribution in [0.25, 0.3) is 5.57 Å². The molecule has 5 heteroatoms. The highest BCUT2D eigenvalue weighted by Crippen LogP contribution is 2.36. The summed E-state index contributed by atoms with van der Waals surface area (Å²) in [7, 11) is 0. The molecule has 3 nitrogen and oxygen atoms in total. The molecular formula is C24H22FNO2S. The number of hydrogen-bond acceptors (Lipinski definition) is 2. The fourth-order valence-corrected chi connectivity index (χ4v) is 4.51. The van der Waals surface area contributed by atoms with Crippen LogP contribution < -0.4 is 0 Å². The third kappa shape index (κ3) is 4.53. The van der Waals surface area contributed by atoms with Crippen molar-refractivity contribution in [3.63, 3.8) is 0 Å². The molecule has 0 aliphatic carbocycles. The highest BCUT2D eigenvalue weighted by Gasteiger charge is 2.32. The lowest BCUT2D eigenvalue weighted by atomic mass is 9.90. The van der Waals surface area contributed by atoms with E-state index in [0.717, 1.165) is 11.1 Å². The van der Waals surface area contributed by atoms with Gasteiger partial charge in [-0.3, -0.25) is 4.90 Å². The zero-order chi connectivity index (χ0) is 20.2. The van der Waals surface area contributed by atoms with E-state index in [-0.39, 0.29) is 17.6 Å². The standard InChI is InChI=1S/C24H22FNO2S/c25-22-13-7-12-20(14-22)23(17-29(27)28)21-15-26(16-21)24(18-8-3-1-4-9-18)19-10-5-2-6-11-19/h1-14,24H,15-17H2,(H,27,28). The van der Waals surface area contributed by atoms with E-state index in [2.05, 4.69) is 29.2 Å². The molecule has 1 aliphatic rings. The summed E-state index contributed by atoms with van der Waals surface area (Å²) in [6, 6.07) is 27.0. The number of rotatable bonds is 6. The Morgan fingerprint density at radius 2 is 1.52 bits per heavy atom. The van der Waals surface area contributed by atoms with Crippen LogP contribution in [0.2, 0.25) is 0 Å². The molecule has 1 saturated heterocycles. The quantitative estimate of drug-likeness (QED) is 0.591. The summed E-state index contributed by atoms with van der Waals surface area (Å²) in [5, 5.41) is 0. The normalized spacial score (nSPS) is 15.2. The molecule has 1 fully saturated rings. The van der Waals surface area contributed by atoms with E-state index < -0.39 is 11.1 Å². The maximum atomic E-state index is 13.7.